The molecule has 0 aliphatic heterocycles. The van der Waals surface area contributed by atoms with Crippen molar-refractivity contribution in [1.82, 2.24) is 0 Å². The zero-order valence-corrected chi connectivity index (χ0v) is 24.3. The fourth-order valence-electron chi connectivity index (χ4n) is 5.02. The number of hydrogen-bond donors (Lipinski definition) is 0. The second-order valence-electron chi connectivity index (χ2n) is 10.3. The Morgan fingerprint density at radius 3 is 1.57 bits per heavy atom. The maximum atomic E-state index is 6.66. The lowest BCUT2D eigenvalue weighted by Crippen LogP contribution is -2.44. The first-order valence-corrected chi connectivity index (χ1v) is 17.3. The predicted molar refractivity (Wildman–Crippen MR) is 157 cm³/mol. The molecular weight excluding hydrogens is 444 g/mol. The molecule has 0 radical (unpaired) electrons. The Labute approximate surface area is 218 Å². The molecule has 2 rings (SSSR count). The third kappa shape index (κ3) is 12.0. The van der Waals surface area contributed by atoms with Gasteiger partial charge in [0.2, 0.25) is 0 Å². The molecule has 2 aromatic carbocycles. The number of benzene rings is 2. The molecule has 0 unspecified atom stereocenters. The number of unbranched alkanes of at least 4 members (excludes halogenated alkanes) is 15. The van der Waals surface area contributed by atoms with Crippen molar-refractivity contribution in [1.29, 1.82) is 0 Å². The van der Waals surface area contributed by atoms with Crippen molar-refractivity contribution in [3.05, 3.63) is 42.5 Å². The molecule has 0 amide bonds. The van der Waals surface area contributed by atoms with E-state index in [9.17, 15) is 0 Å². The van der Waals surface area contributed by atoms with E-state index in [2.05, 4.69) is 63.2 Å². The average molecular weight is 499 g/mol. The van der Waals surface area contributed by atoms with Crippen molar-refractivity contribution in [2.45, 2.75) is 136 Å². The second kappa shape index (κ2) is 18.9. The van der Waals surface area contributed by atoms with Gasteiger partial charge in [-0.25, -0.2) is 0 Å². The highest BCUT2D eigenvalue weighted by atomic mass is 28.4. The monoisotopic (exact) mass is 498 g/mol. The van der Waals surface area contributed by atoms with Gasteiger partial charge in [0.15, 0.2) is 0 Å². The Bertz CT molecular complexity index is 766. The van der Waals surface area contributed by atoms with Crippen molar-refractivity contribution >= 4 is 19.3 Å². The summed E-state index contributed by atoms with van der Waals surface area (Å²) in [6.07, 6.45) is 22.4. The normalized spacial score (nSPS) is 11.9. The topological polar surface area (TPSA) is 18.5 Å². The molecule has 0 bridgehead atoms. The molecule has 0 heterocycles. The summed E-state index contributed by atoms with van der Waals surface area (Å²) in [4.78, 5) is 0. The molecule has 0 aliphatic rings. The fourth-order valence-corrected chi connectivity index (χ4v) is 7.37. The first kappa shape index (κ1) is 29.9. The fraction of sp³-hybridized carbons (Fsp3) is 0.688. The van der Waals surface area contributed by atoms with E-state index in [1.807, 2.05) is 0 Å². The zero-order valence-electron chi connectivity index (χ0n) is 23.3. The molecule has 198 valence electrons. The molecule has 2 nitrogen and oxygen atoms in total. The Kier molecular flexibility index (Phi) is 16.1. The average Bonchev–Trinajstić information content (AvgIpc) is 2.90. The van der Waals surface area contributed by atoms with Crippen molar-refractivity contribution in [3.63, 3.8) is 0 Å². The zero-order chi connectivity index (χ0) is 25.0. The summed E-state index contributed by atoms with van der Waals surface area (Å²) >= 11 is 0. The summed E-state index contributed by atoms with van der Waals surface area (Å²) in [7, 11) is -2.21. The van der Waals surface area contributed by atoms with Crippen LogP contribution in [0, 0.1) is 0 Å². The van der Waals surface area contributed by atoms with Crippen LogP contribution in [0.3, 0.4) is 0 Å². The Hall–Kier alpha value is -1.32. The highest BCUT2D eigenvalue weighted by Gasteiger charge is 2.36. The number of rotatable bonds is 22. The van der Waals surface area contributed by atoms with Gasteiger partial charge in [0.05, 0.1) is 0 Å². The minimum absolute atomic E-state index is 0.844. The molecule has 3 heteroatoms. The van der Waals surface area contributed by atoms with Gasteiger partial charge in [-0.05, 0) is 30.0 Å². The van der Waals surface area contributed by atoms with E-state index in [1.54, 1.807) is 0 Å². The van der Waals surface area contributed by atoms with Crippen LogP contribution in [-0.4, -0.2) is 15.2 Å². The van der Waals surface area contributed by atoms with Crippen molar-refractivity contribution < 1.29 is 8.85 Å². The quantitative estimate of drug-likeness (QED) is 0.119. The molecule has 0 saturated carbocycles. The van der Waals surface area contributed by atoms with E-state index in [0.29, 0.717) is 0 Å². The van der Waals surface area contributed by atoms with Gasteiger partial charge >= 0.3 is 8.56 Å². The highest BCUT2D eigenvalue weighted by molar-refractivity contribution is 6.68. The molecule has 0 spiro atoms. The van der Waals surface area contributed by atoms with Gasteiger partial charge in [-0.2, -0.15) is 0 Å². The minimum Gasteiger partial charge on any atom is -0.520 e. The first-order chi connectivity index (χ1) is 17.2. The van der Waals surface area contributed by atoms with Gasteiger partial charge in [-0.15, -0.1) is 0 Å². The Balaban J connectivity index is 1.51. The minimum atomic E-state index is -2.21. The third-order valence-electron chi connectivity index (χ3n) is 7.49. The van der Waals surface area contributed by atoms with Gasteiger partial charge in [0, 0.05) is 12.0 Å². The van der Waals surface area contributed by atoms with Crippen LogP contribution in [-0.2, 0) is 4.43 Å². The van der Waals surface area contributed by atoms with E-state index in [0.717, 1.165) is 30.9 Å². The third-order valence-corrected chi connectivity index (χ3v) is 11.0. The van der Waals surface area contributed by atoms with E-state index >= 15 is 0 Å². The molecule has 0 fully saturated rings. The largest absolute Gasteiger partial charge is 0.520 e. The van der Waals surface area contributed by atoms with Crippen LogP contribution in [0.5, 0.6) is 5.75 Å². The van der Waals surface area contributed by atoms with Crippen molar-refractivity contribution in [2.75, 3.05) is 6.61 Å². The lowest BCUT2D eigenvalue weighted by atomic mass is 10.0. The molecule has 0 aromatic heterocycles. The lowest BCUT2D eigenvalue weighted by Gasteiger charge is -2.30. The number of hydrogen-bond acceptors (Lipinski definition) is 2. The first-order valence-electron chi connectivity index (χ1n) is 15.1. The number of fused-ring (bicyclic) bond motifs is 1. The van der Waals surface area contributed by atoms with Gasteiger partial charge < -0.3 is 8.85 Å². The SMILES string of the molecule is CCCCCCCCCCCCCCCCCCO[Si](CC)(CC)Oc1cccc2ccccc12. The van der Waals surface area contributed by atoms with Gasteiger partial charge in [0.1, 0.15) is 5.75 Å². The summed E-state index contributed by atoms with van der Waals surface area (Å²) < 4.78 is 13.2. The van der Waals surface area contributed by atoms with Crippen LogP contribution in [0.25, 0.3) is 10.8 Å². The molecular formula is C32H54O2Si. The van der Waals surface area contributed by atoms with Crippen LogP contribution in [0.1, 0.15) is 124 Å². The van der Waals surface area contributed by atoms with E-state index < -0.39 is 8.56 Å². The summed E-state index contributed by atoms with van der Waals surface area (Å²) in [6.45, 7) is 7.60. The van der Waals surface area contributed by atoms with E-state index in [-0.39, 0.29) is 0 Å². The standard InChI is InChI=1S/C32H54O2Si/c1-4-7-8-9-10-11-12-13-14-15-16-17-18-19-20-23-29-33-35(5-2,6-3)34-32-28-24-26-30-25-21-22-27-31(30)32/h21-22,24-28H,4-20,23,29H2,1-3H3. The van der Waals surface area contributed by atoms with E-state index in [4.69, 9.17) is 8.85 Å². The van der Waals surface area contributed by atoms with Crippen LogP contribution >= 0.6 is 0 Å². The highest BCUT2D eigenvalue weighted by Crippen LogP contribution is 2.30. The maximum Gasteiger partial charge on any atom is 0.398 e. The smallest absolute Gasteiger partial charge is 0.398 e. The summed E-state index contributed by atoms with van der Waals surface area (Å²) in [6, 6.07) is 16.8. The van der Waals surface area contributed by atoms with Crippen LogP contribution in [0.4, 0.5) is 0 Å². The van der Waals surface area contributed by atoms with Crippen LogP contribution in [0.15, 0.2) is 42.5 Å². The predicted octanol–water partition coefficient (Wildman–Crippen LogP) is 11.0. The Morgan fingerprint density at radius 1 is 0.543 bits per heavy atom. The summed E-state index contributed by atoms with van der Waals surface area (Å²) in [5.41, 5.74) is 0. The van der Waals surface area contributed by atoms with Gasteiger partial charge in [-0.3, -0.25) is 0 Å². The van der Waals surface area contributed by atoms with Gasteiger partial charge in [0.25, 0.3) is 0 Å². The van der Waals surface area contributed by atoms with Crippen LogP contribution < -0.4 is 4.43 Å². The van der Waals surface area contributed by atoms with E-state index in [1.165, 1.54) is 107 Å². The molecule has 0 N–H and O–H groups in total. The van der Waals surface area contributed by atoms with Gasteiger partial charge in [-0.1, -0.05) is 153 Å². The molecule has 2 aromatic rings. The lowest BCUT2D eigenvalue weighted by molar-refractivity contribution is 0.231. The Morgan fingerprint density at radius 2 is 1.03 bits per heavy atom. The second-order valence-corrected chi connectivity index (χ2v) is 14.1. The van der Waals surface area contributed by atoms with Crippen molar-refractivity contribution in [3.8, 4) is 5.75 Å². The molecule has 0 atom stereocenters. The molecule has 35 heavy (non-hydrogen) atoms. The van der Waals surface area contributed by atoms with Crippen LogP contribution in [0.2, 0.25) is 12.1 Å². The van der Waals surface area contributed by atoms with Crippen molar-refractivity contribution in [2.24, 2.45) is 0 Å². The molecule has 0 aliphatic carbocycles. The summed E-state index contributed by atoms with van der Waals surface area (Å²) in [5.74, 6) is 0.991. The molecule has 0 saturated heterocycles. The summed E-state index contributed by atoms with van der Waals surface area (Å²) in [5, 5.41) is 2.43. The maximum absolute atomic E-state index is 6.66.